The molecule has 35 heavy (non-hydrogen) atoms. The lowest BCUT2D eigenvalue weighted by Crippen LogP contribution is -2.45. The summed E-state index contributed by atoms with van der Waals surface area (Å²) >= 11 is 0. The van der Waals surface area contributed by atoms with Gasteiger partial charge in [0.2, 0.25) is 15.9 Å². The SMILES string of the molecule is COc1ccc(S(=O)(=O)N(CC(=O)N2CCC(Cc3ccccc3)CC2)Cc2ccccc2)cc1. The molecule has 1 saturated heterocycles. The lowest BCUT2D eigenvalue weighted by atomic mass is 9.90. The third-order valence-corrected chi connectivity index (χ3v) is 8.35. The topological polar surface area (TPSA) is 66.9 Å². The second-order valence-electron chi connectivity index (χ2n) is 8.95. The van der Waals surface area contributed by atoms with Crippen molar-refractivity contribution in [2.24, 2.45) is 5.92 Å². The van der Waals surface area contributed by atoms with Crippen molar-refractivity contribution in [3.05, 3.63) is 96.1 Å². The van der Waals surface area contributed by atoms with E-state index in [1.54, 1.807) is 12.1 Å². The number of methoxy groups -OCH3 is 1. The van der Waals surface area contributed by atoms with E-state index >= 15 is 0 Å². The normalized spacial score (nSPS) is 14.7. The molecule has 1 heterocycles. The predicted molar refractivity (Wildman–Crippen MR) is 136 cm³/mol. The minimum absolute atomic E-state index is 0.130. The summed E-state index contributed by atoms with van der Waals surface area (Å²) < 4.78 is 33.5. The van der Waals surface area contributed by atoms with Gasteiger partial charge in [0.25, 0.3) is 0 Å². The molecule has 0 unspecified atom stereocenters. The Balaban J connectivity index is 1.45. The summed E-state index contributed by atoms with van der Waals surface area (Å²) in [4.78, 5) is 15.2. The fourth-order valence-electron chi connectivity index (χ4n) is 4.49. The number of hydrogen-bond acceptors (Lipinski definition) is 4. The van der Waals surface area contributed by atoms with Gasteiger partial charge >= 0.3 is 0 Å². The molecule has 3 aromatic carbocycles. The minimum atomic E-state index is -3.88. The monoisotopic (exact) mass is 492 g/mol. The predicted octanol–water partition coefficient (Wildman–Crippen LogP) is 4.37. The van der Waals surface area contributed by atoms with Crippen LogP contribution in [0.1, 0.15) is 24.0 Å². The molecular formula is C28H32N2O4S. The largest absolute Gasteiger partial charge is 0.497 e. The Morgan fingerprint density at radius 2 is 1.46 bits per heavy atom. The van der Waals surface area contributed by atoms with Gasteiger partial charge in [0.1, 0.15) is 5.75 Å². The Labute approximate surface area is 208 Å². The number of nitrogens with zero attached hydrogens (tertiary/aromatic N) is 2. The van der Waals surface area contributed by atoms with E-state index in [0.717, 1.165) is 24.8 Å². The maximum Gasteiger partial charge on any atom is 0.243 e. The zero-order chi connectivity index (χ0) is 24.7. The number of benzene rings is 3. The molecular weight excluding hydrogens is 460 g/mol. The fraction of sp³-hybridized carbons (Fsp3) is 0.321. The smallest absolute Gasteiger partial charge is 0.243 e. The first-order valence-electron chi connectivity index (χ1n) is 12.0. The number of hydrogen-bond donors (Lipinski definition) is 0. The van der Waals surface area contributed by atoms with Crippen LogP contribution in [0.15, 0.2) is 89.8 Å². The van der Waals surface area contributed by atoms with Gasteiger partial charge in [0.05, 0.1) is 18.6 Å². The number of piperidine rings is 1. The highest BCUT2D eigenvalue weighted by atomic mass is 32.2. The summed E-state index contributed by atoms with van der Waals surface area (Å²) in [6.07, 6.45) is 2.85. The van der Waals surface area contributed by atoms with Crippen LogP contribution in [-0.2, 0) is 27.8 Å². The Morgan fingerprint density at radius 3 is 2.03 bits per heavy atom. The lowest BCUT2D eigenvalue weighted by molar-refractivity contribution is -0.132. The van der Waals surface area contributed by atoms with Crippen molar-refractivity contribution in [2.75, 3.05) is 26.7 Å². The van der Waals surface area contributed by atoms with Crippen LogP contribution >= 0.6 is 0 Å². The highest BCUT2D eigenvalue weighted by Gasteiger charge is 2.30. The zero-order valence-electron chi connectivity index (χ0n) is 20.0. The number of amides is 1. The van der Waals surface area contributed by atoms with Gasteiger partial charge in [-0.15, -0.1) is 0 Å². The number of carbonyl (C=O) groups is 1. The van der Waals surface area contributed by atoms with Crippen LogP contribution in [0.2, 0.25) is 0 Å². The molecule has 184 valence electrons. The molecule has 0 aromatic heterocycles. The third kappa shape index (κ3) is 6.50. The van der Waals surface area contributed by atoms with Gasteiger partial charge in [-0.2, -0.15) is 4.31 Å². The average molecular weight is 493 g/mol. The van der Waals surface area contributed by atoms with Gasteiger partial charge in [-0.3, -0.25) is 4.79 Å². The first-order valence-corrected chi connectivity index (χ1v) is 13.4. The quantitative estimate of drug-likeness (QED) is 0.445. The number of likely N-dealkylation sites (tertiary alicyclic amines) is 1. The Morgan fingerprint density at radius 1 is 0.886 bits per heavy atom. The number of sulfonamides is 1. The van der Waals surface area contributed by atoms with E-state index in [9.17, 15) is 13.2 Å². The summed E-state index contributed by atoms with van der Waals surface area (Å²) in [5, 5.41) is 0. The molecule has 1 fully saturated rings. The van der Waals surface area contributed by atoms with E-state index in [1.165, 1.54) is 29.1 Å². The summed E-state index contributed by atoms with van der Waals surface area (Å²) in [6, 6.07) is 26.1. The number of ether oxygens (including phenoxy) is 1. The molecule has 0 spiro atoms. The van der Waals surface area contributed by atoms with Crippen molar-refractivity contribution >= 4 is 15.9 Å². The molecule has 1 aliphatic rings. The lowest BCUT2D eigenvalue weighted by Gasteiger charge is -2.33. The van der Waals surface area contributed by atoms with E-state index in [0.29, 0.717) is 24.8 Å². The van der Waals surface area contributed by atoms with Crippen LogP contribution < -0.4 is 4.74 Å². The zero-order valence-corrected chi connectivity index (χ0v) is 20.9. The maximum atomic E-state index is 13.5. The van der Waals surface area contributed by atoms with Gasteiger partial charge < -0.3 is 9.64 Å². The van der Waals surface area contributed by atoms with Gasteiger partial charge in [-0.1, -0.05) is 60.7 Å². The molecule has 1 amide bonds. The van der Waals surface area contributed by atoms with E-state index in [1.807, 2.05) is 41.3 Å². The minimum Gasteiger partial charge on any atom is -0.497 e. The van der Waals surface area contributed by atoms with Crippen LogP contribution in [0, 0.1) is 5.92 Å². The van der Waals surface area contributed by atoms with Crippen LogP contribution in [0.5, 0.6) is 5.75 Å². The van der Waals surface area contributed by atoms with Gasteiger partial charge in [-0.25, -0.2) is 8.42 Å². The molecule has 3 aromatic rings. The van der Waals surface area contributed by atoms with Crippen LogP contribution in [0.4, 0.5) is 0 Å². The first-order chi connectivity index (χ1) is 17.0. The van der Waals surface area contributed by atoms with Crippen molar-refractivity contribution in [3.8, 4) is 5.75 Å². The van der Waals surface area contributed by atoms with Gasteiger partial charge in [0, 0.05) is 19.6 Å². The van der Waals surface area contributed by atoms with E-state index in [-0.39, 0.29) is 23.9 Å². The van der Waals surface area contributed by atoms with Crippen molar-refractivity contribution in [1.29, 1.82) is 0 Å². The second kappa shape index (κ2) is 11.5. The Bertz CT molecular complexity index is 1190. The standard InChI is InChI=1S/C28H32N2O4S/c1-34-26-12-14-27(15-13-26)35(32,33)30(21-25-10-6-3-7-11-25)22-28(31)29-18-16-24(17-19-29)20-23-8-4-2-5-9-23/h2-15,24H,16-22H2,1H3. The average Bonchev–Trinajstić information content (AvgIpc) is 2.90. The molecule has 0 radical (unpaired) electrons. The van der Waals surface area contributed by atoms with Crippen molar-refractivity contribution in [3.63, 3.8) is 0 Å². The van der Waals surface area contributed by atoms with Crippen molar-refractivity contribution in [2.45, 2.75) is 30.7 Å². The molecule has 4 rings (SSSR count). The molecule has 0 bridgehead atoms. The number of carbonyl (C=O) groups excluding carboxylic acids is 1. The second-order valence-corrected chi connectivity index (χ2v) is 10.9. The van der Waals surface area contributed by atoms with Crippen molar-refractivity contribution in [1.82, 2.24) is 9.21 Å². The molecule has 0 N–H and O–H groups in total. The summed E-state index contributed by atoms with van der Waals surface area (Å²) in [5.41, 5.74) is 2.15. The molecule has 6 nitrogen and oxygen atoms in total. The molecule has 0 aliphatic carbocycles. The molecule has 0 saturated carbocycles. The highest BCUT2D eigenvalue weighted by Crippen LogP contribution is 2.24. The van der Waals surface area contributed by atoms with Crippen LogP contribution in [-0.4, -0.2) is 50.3 Å². The maximum absolute atomic E-state index is 13.5. The van der Waals surface area contributed by atoms with Crippen LogP contribution in [0.25, 0.3) is 0 Å². The summed E-state index contributed by atoms with van der Waals surface area (Å²) in [5.74, 6) is 0.953. The van der Waals surface area contributed by atoms with Crippen LogP contribution in [0.3, 0.4) is 0 Å². The third-order valence-electron chi connectivity index (χ3n) is 6.55. The Hall–Kier alpha value is -3.16. The van der Waals surface area contributed by atoms with Crippen molar-refractivity contribution < 1.29 is 17.9 Å². The summed E-state index contributed by atoms with van der Waals surface area (Å²) in [7, 11) is -2.34. The molecule has 0 atom stereocenters. The van der Waals surface area contributed by atoms with E-state index in [4.69, 9.17) is 4.74 Å². The van der Waals surface area contributed by atoms with E-state index < -0.39 is 10.0 Å². The Kier molecular flexibility index (Phi) is 8.21. The summed E-state index contributed by atoms with van der Waals surface area (Å²) in [6.45, 7) is 1.24. The molecule has 1 aliphatic heterocycles. The molecule has 7 heteroatoms. The highest BCUT2D eigenvalue weighted by molar-refractivity contribution is 7.89. The van der Waals surface area contributed by atoms with Gasteiger partial charge in [-0.05, 0) is 60.6 Å². The fourth-order valence-corrected chi connectivity index (χ4v) is 5.87. The van der Waals surface area contributed by atoms with Gasteiger partial charge in [0.15, 0.2) is 0 Å². The number of rotatable bonds is 9. The first kappa shape index (κ1) is 24.9. The van der Waals surface area contributed by atoms with E-state index in [2.05, 4.69) is 24.3 Å².